The van der Waals surface area contributed by atoms with Crippen molar-refractivity contribution in [3.8, 4) is 0 Å². The van der Waals surface area contributed by atoms with Crippen molar-refractivity contribution in [1.29, 1.82) is 0 Å². The predicted molar refractivity (Wildman–Crippen MR) is 94.2 cm³/mol. The third-order valence-electron chi connectivity index (χ3n) is 4.63. The highest BCUT2D eigenvalue weighted by Gasteiger charge is 2.28. The first-order valence-electron chi connectivity index (χ1n) is 8.52. The fraction of sp³-hybridized carbons (Fsp3) is 0.316. The molecule has 3 aromatic rings. The smallest absolute Gasteiger partial charge is 0.256 e. The van der Waals surface area contributed by atoms with E-state index in [4.69, 9.17) is 4.74 Å². The van der Waals surface area contributed by atoms with Crippen LogP contribution in [0.3, 0.4) is 0 Å². The van der Waals surface area contributed by atoms with Gasteiger partial charge in [-0.15, -0.1) is 0 Å². The average molecular weight is 336 g/mol. The fourth-order valence-corrected chi connectivity index (χ4v) is 3.34. The number of fused-ring (bicyclic) bond motifs is 1. The number of aryl methyl sites for hydroxylation is 1. The Morgan fingerprint density at radius 1 is 1.32 bits per heavy atom. The maximum absolute atomic E-state index is 13.1. The summed E-state index contributed by atoms with van der Waals surface area (Å²) in [6, 6.07) is 8.04. The van der Waals surface area contributed by atoms with E-state index >= 15 is 0 Å². The van der Waals surface area contributed by atoms with Gasteiger partial charge in [-0.2, -0.15) is 0 Å². The molecule has 0 radical (unpaired) electrons. The summed E-state index contributed by atoms with van der Waals surface area (Å²) in [5.41, 5.74) is 2.60. The molecular formula is C19H20N4O2. The number of para-hydroxylation sites is 1. The number of amides is 1. The number of rotatable bonds is 3. The normalized spacial score (nSPS) is 17.8. The molecule has 4 rings (SSSR count). The van der Waals surface area contributed by atoms with Gasteiger partial charge in [0.25, 0.3) is 5.91 Å². The summed E-state index contributed by atoms with van der Waals surface area (Å²) < 4.78 is 7.91. The largest absolute Gasteiger partial charge is 0.368 e. The molecule has 3 heterocycles. The summed E-state index contributed by atoms with van der Waals surface area (Å²) in [5.74, 6) is 0.0422. The molecule has 1 aliphatic heterocycles. The highest BCUT2D eigenvalue weighted by molar-refractivity contribution is 6.07. The molecule has 128 valence electrons. The van der Waals surface area contributed by atoms with E-state index in [0.29, 0.717) is 19.7 Å². The summed E-state index contributed by atoms with van der Waals surface area (Å²) in [7, 11) is 0. The van der Waals surface area contributed by atoms with E-state index in [2.05, 4.69) is 27.5 Å². The van der Waals surface area contributed by atoms with Crippen LogP contribution in [0.25, 0.3) is 10.9 Å². The van der Waals surface area contributed by atoms with Gasteiger partial charge >= 0.3 is 0 Å². The van der Waals surface area contributed by atoms with E-state index in [9.17, 15) is 4.79 Å². The van der Waals surface area contributed by atoms with Crippen LogP contribution in [-0.2, 0) is 11.3 Å². The van der Waals surface area contributed by atoms with Crippen LogP contribution >= 0.6 is 0 Å². The molecule has 1 atom stereocenters. The van der Waals surface area contributed by atoms with Crippen molar-refractivity contribution in [2.45, 2.75) is 19.6 Å². The van der Waals surface area contributed by atoms with Crippen LogP contribution in [0.15, 0.2) is 49.1 Å². The molecule has 0 bridgehead atoms. The van der Waals surface area contributed by atoms with Crippen LogP contribution in [0.2, 0.25) is 0 Å². The topological polar surface area (TPSA) is 60.2 Å². The van der Waals surface area contributed by atoms with Gasteiger partial charge in [0.15, 0.2) is 0 Å². The van der Waals surface area contributed by atoms with Gasteiger partial charge in [0.05, 0.1) is 30.6 Å². The first-order chi connectivity index (χ1) is 12.3. The van der Waals surface area contributed by atoms with Gasteiger partial charge < -0.3 is 14.2 Å². The fourth-order valence-electron chi connectivity index (χ4n) is 3.34. The summed E-state index contributed by atoms with van der Waals surface area (Å²) >= 11 is 0. The molecule has 1 amide bonds. The van der Waals surface area contributed by atoms with Gasteiger partial charge in [-0.1, -0.05) is 18.2 Å². The van der Waals surface area contributed by atoms with Crippen LogP contribution in [0, 0.1) is 0 Å². The second kappa shape index (κ2) is 6.64. The van der Waals surface area contributed by atoms with E-state index in [1.165, 1.54) is 0 Å². The van der Waals surface area contributed by atoms with Crippen molar-refractivity contribution in [3.05, 3.63) is 60.3 Å². The second-order valence-corrected chi connectivity index (χ2v) is 6.09. The monoisotopic (exact) mass is 336 g/mol. The van der Waals surface area contributed by atoms with Crippen LogP contribution in [0.4, 0.5) is 0 Å². The van der Waals surface area contributed by atoms with E-state index in [1.807, 2.05) is 29.3 Å². The third-order valence-corrected chi connectivity index (χ3v) is 4.63. The van der Waals surface area contributed by atoms with Crippen LogP contribution < -0.4 is 0 Å². The van der Waals surface area contributed by atoms with Crippen molar-refractivity contribution in [1.82, 2.24) is 19.4 Å². The maximum Gasteiger partial charge on any atom is 0.256 e. The molecule has 1 aromatic carbocycles. The molecule has 1 saturated heterocycles. The van der Waals surface area contributed by atoms with E-state index in [-0.39, 0.29) is 12.0 Å². The van der Waals surface area contributed by atoms with E-state index in [1.54, 1.807) is 18.6 Å². The SMILES string of the molecule is CCn1cc(C(=O)N2CCO[C@@H](c3cnccn3)C2)c2ccccc21. The number of ether oxygens (including phenoxy) is 1. The lowest BCUT2D eigenvalue weighted by molar-refractivity contribution is -0.0248. The average Bonchev–Trinajstić information content (AvgIpc) is 3.07. The van der Waals surface area contributed by atoms with Crippen molar-refractivity contribution in [3.63, 3.8) is 0 Å². The van der Waals surface area contributed by atoms with E-state index in [0.717, 1.165) is 28.7 Å². The Balaban J connectivity index is 1.63. The summed E-state index contributed by atoms with van der Waals surface area (Å²) in [5, 5.41) is 0.997. The van der Waals surface area contributed by atoms with Crippen molar-refractivity contribution in [2.24, 2.45) is 0 Å². The summed E-state index contributed by atoms with van der Waals surface area (Å²) in [4.78, 5) is 23.4. The number of nitrogens with zero attached hydrogens (tertiary/aromatic N) is 4. The third kappa shape index (κ3) is 2.89. The molecule has 25 heavy (non-hydrogen) atoms. The molecule has 0 unspecified atom stereocenters. The van der Waals surface area contributed by atoms with E-state index < -0.39 is 0 Å². The molecule has 6 nitrogen and oxygen atoms in total. The summed E-state index contributed by atoms with van der Waals surface area (Å²) in [6.07, 6.45) is 6.70. The van der Waals surface area contributed by atoms with Crippen molar-refractivity contribution in [2.75, 3.05) is 19.7 Å². The Hall–Kier alpha value is -2.73. The molecule has 1 aliphatic rings. The first-order valence-corrected chi connectivity index (χ1v) is 8.52. The molecule has 1 fully saturated rings. The maximum atomic E-state index is 13.1. The lowest BCUT2D eigenvalue weighted by atomic mass is 10.1. The second-order valence-electron chi connectivity index (χ2n) is 6.09. The Labute approximate surface area is 146 Å². The lowest BCUT2D eigenvalue weighted by Gasteiger charge is -2.32. The molecule has 0 N–H and O–H groups in total. The standard InChI is InChI=1S/C19H20N4O2/c1-2-22-12-15(14-5-3-4-6-17(14)22)19(24)23-9-10-25-18(13-23)16-11-20-7-8-21-16/h3-8,11-12,18H,2,9-10,13H2,1H3/t18-/m1/s1. The summed E-state index contributed by atoms with van der Waals surface area (Å²) in [6.45, 7) is 4.49. The predicted octanol–water partition coefficient (Wildman–Crippen LogP) is 2.66. The zero-order chi connectivity index (χ0) is 17.2. The number of morpholine rings is 1. The van der Waals surface area contributed by atoms with Gasteiger partial charge in [0, 0.05) is 42.6 Å². The number of aromatic nitrogens is 3. The number of carbonyl (C=O) groups is 1. The molecule has 0 aliphatic carbocycles. The Bertz CT molecular complexity index is 891. The Kier molecular flexibility index (Phi) is 4.19. The zero-order valence-electron chi connectivity index (χ0n) is 14.1. The highest BCUT2D eigenvalue weighted by Crippen LogP contribution is 2.26. The lowest BCUT2D eigenvalue weighted by Crippen LogP contribution is -2.42. The number of hydrogen-bond donors (Lipinski definition) is 0. The zero-order valence-corrected chi connectivity index (χ0v) is 14.1. The van der Waals surface area contributed by atoms with Crippen LogP contribution in [0.5, 0.6) is 0 Å². The minimum atomic E-state index is -0.231. The van der Waals surface area contributed by atoms with Gasteiger partial charge in [-0.3, -0.25) is 14.8 Å². The van der Waals surface area contributed by atoms with Gasteiger partial charge in [-0.25, -0.2) is 0 Å². The first kappa shape index (κ1) is 15.8. The highest BCUT2D eigenvalue weighted by atomic mass is 16.5. The molecular weight excluding hydrogens is 316 g/mol. The molecule has 6 heteroatoms. The minimum Gasteiger partial charge on any atom is -0.368 e. The molecule has 0 spiro atoms. The van der Waals surface area contributed by atoms with Crippen molar-refractivity contribution >= 4 is 16.8 Å². The van der Waals surface area contributed by atoms with Gasteiger partial charge in [0.2, 0.25) is 0 Å². The number of benzene rings is 1. The number of carbonyl (C=O) groups excluding carboxylic acids is 1. The molecule has 0 saturated carbocycles. The number of hydrogen-bond acceptors (Lipinski definition) is 4. The van der Waals surface area contributed by atoms with Crippen LogP contribution in [0.1, 0.15) is 29.1 Å². The van der Waals surface area contributed by atoms with Gasteiger partial charge in [-0.05, 0) is 13.0 Å². The molecule has 2 aromatic heterocycles. The van der Waals surface area contributed by atoms with Crippen molar-refractivity contribution < 1.29 is 9.53 Å². The minimum absolute atomic E-state index is 0.0422. The Morgan fingerprint density at radius 3 is 3.00 bits per heavy atom. The van der Waals surface area contributed by atoms with Crippen LogP contribution in [-0.4, -0.2) is 45.0 Å². The van der Waals surface area contributed by atoms with Gasteiger partial charge in [0.1, 0.15) is 6.10 Å². The quantitative estimate of drug-likeness (QED) is 0.738. The Morgan fingerprint density at radius 2 is 2.20 bits per heavy atom.